The molecule has 0 saturated heterocycles. The van der Waals surface area contributed by atoms with Crippen molar-refractivity contribution in [1.29, 1.82) is 0 Å². The smallest absolute Gasteiger partial charge is 0.339 e. The molecule has 2 rings (SSSR count). The van der Waals surface area contributed by atoms with E-state index in [1.807, 2.05) is 0 Å². The van der Waals surface area contributed by atoms with Gasteiger partial charge in [0.15, 0.2) is 5.76 Å². The highest BCUT2D eigenvalue weighted by atomic mass is 16.4. The van der Waals surface area contributed by atoms with E-state index in [-0.39, 0.29) is 29.5 Å². The topological polar surface area (TPSA) is 113 Å². The highest BCUT2D eigenvalue weighted by molar-refractivity contribution is 5.95. The monoisotopic (exact) mass is 334 g/mol. The quantitative estimate of drug-likeness (QED) is 0.830. The molecule has 8 nitrogen and oxygen atoms in total. The fraction of sp³-hybridized carbons (Fsp3) is 0.312. The summed E-state index contributed by atoms with van der Waals surface area (Å²) in [4.78, 5) is 36.5. The number of carbonyl (C=O) groups excluding carboxylic acids is 2. The molecule has 0 aliphatic heterocycles. The summed E-state index contributed by atoms with van der Waals surface area (Å²) in [5, 5.41) is 11.5. The van der Waals surface area contributed by atoms with E-state index in [1.165, 1.54) is 30.3 Å². The van der Waals surface area contributed by atoms with Crippen molar-refractivity contribution in [3.8, 4) is 0 Å². The summed E-state index contributed by atoms with van der Waals surface area (Å²) < 4.78 is 10.3. The molecule has 0 spiro atoms. The van der Waals surface area contributed by atoms with Gasteiger partial charge in [0.1, 0.15) is 23.1 Å². The van der Waals surface area contributed by atoms with Gasteiger partial charge in [-0.3, -0.25) is 9.59 Å². The predicted octanol–water partition coefficient (Wildman–Crippen LogP) is 1.66. The van der Waals surface area contributed by atoms with Crippen LogP contribution in [0.4, 0.5) is 0 Å². The van der Waals surface area contributed by atoms with Gasteiger partial charge in [0.05, 0.1) is 12.8 Å². The van der Waals surface area contributed by atoms with Crippen molar-refractivity contribution in [1.82, 2.24) is 10.2 Å². The largest absolute Gasteiger partial charge is 0.478 e. The number of hydrogen-bond donors (Lipinski definition) is 2. The Hall–Kier alpha value is -3.03. The summed E-state index contributed by atoms with van der Waals surface area (Å²) in [7, 11) is 1.54. The van der Waals surface area contributed by atoms with Crippen molar-refractivity contribution < 1.29 is 28.3 Å². The molecule has 24 heavy (non-hydrogen) atoms. The van der Waals surface area contributed by atoms with Gasteiger partial charge in [-0.2, -0.15) is 0 Å². The predicted molar refractivity (Wildman–Crippen MR) is 82.5 cm³/mol. The van der Waals surface area contributed by atoms with Crippen LogP contribution in [0.3, 0.4) is 0 Å². The molecule has 0 saturated carbocycles. The fourth-order valence-corrected chi connectivity index (χ4v) is 2.21. The molecule has 0 aliphatic rings. The maximum atomic E-state index is 12.3. The summed E-state index contributed by atoms with van der Waals surface area (Å²) in [6.45, 7) is 3.19. The number of aromatic carboxylic acids is 1. The van der Waals surface area contributed by atoms with Gasteiger partial charge in [-0.15, -0.1) is 0 Å². The molecule has 0 aliphatic carbocycles. The molecule has 1 unspecified atom stereocenters. The second-order valence-corrected chi connectivity index (χ2v) is 5.35. The normalized spacial score (nSPS) is 11.8. The second kappa shape index (κ2) is 7.03. The first kappa shape index (κ1) is 17.3. The Morgan fingerprint density at radius 2 is 2.08 bits per heavy atom. The number of rotatable bonds is 6. The molecule has 0 radical (unpaired) electrons. The number of amides is 2. The van der Waals surface area contributed by atoms with Crippen LogP contribution in [0.2, 0.25) is 0 Å². The molecule has 2 aromatic heterocycles. The minimum absolute atomic E-state index is 0.0602. The molecule has 2 N–H and O–H groups in total. The average molecular weight is 334 g/mol. The number of furan rings is 2. The molecule has 1 atom stereocenters. The van der Waals surface area contributed by atoms with Crippen molar-refractivity contribution >= 4 is 17.8 Å². The average Bonchev–Trinajstić information content (AvgIpc) is 3.15. The molecule has 2 heterocycles. The summed E-state index contributed by atoms with van der Waals surface area (Å²) in [5.41, 5.74) is 0.0602. The first-order chi connectivity index (χ1) is 11.3. The lowest BCUT2D eigenvalue weighted by molar-refractivity contribution is -0.132. The fourth-order valence-electron chi connectivity index (χ4n) is 2.21. The maximum absolute atomic E-state index is 12.3. The van der Waals surface area contributed by atoms with Crippen LogP contribution in [0.15, 0.2) is 33.3 Å². The van der Waals surface area contributed by atoms with Crippen molar-refractivity contribution in [2.24, 2.45) is 0 Å². The van der Waals surface area contributed by atoms with E-state index in [2.05, 4.69) is 5.32 Å². The van der Waals surface area contributed by atoms with Crippen molar-refractivity contribution in [3.63, 3.8) is 0 Å². The van der Waals surface area contributed by atoms with E-state index in [4.69, 9.17) is 13.9 Å². The van der Waals surface area contributed by atoms with Crippen LogP contribution in [0.1, 0.15) is 39.4 Å². The Morgan fingerprint density at radius 1 is 1.38 bits per heavy atom. The summed E-state index contributed by atoms with van der Waals surface area (Å²) >= 11 is 0. The highest BCUT2D eigenvalue weighted by Gasteiger charge is 2.23. The van der Waals surface area contributed by atoms with Crippen LogP contribution in [0.25, 0.3) is 0 Å². The van der Waals surface area contributed by atoms with E-state index < -0.39 is 17.9 Å². The van der Waals surface area contributed by atoms with Gasteiger partial charge < -0.3 is 24.2 Å². The van der Waals surface area contributed by atoms with Crippen molar-refractivity contribution in [2.75, 3.05) is 7.05 Å². The molecule has 0 bridgehead atoms. The molecule has 0 fully saturated rings. The van der Waals surface area contributed by atoms with Crippen molar-refractivity contribution in [2.45, 2.75) is 26.4 Å². The Labute approximate surface area is 138 Å². The SMILES string of the molecule is Cc1oc(CN(C)C(=O)C(C)NC(=O)c2ccco2)cc1C(=O)O. The number of hydrogen-bond acceptors (Lipinski definition) is 5. The Morgan fingerprint density at radius 3 is 2.62 bits per heavy atom. The lowest BCUT2D eigenvalue weighted by atomic mass is 10.2. The minimum Gasteiger partial charge on any atom is -0.478 e. The van der Waals surface area contributed by atoms with Crippen LogP contribution in [0, 0.1) is 6.92 Å². The number of carboxylic acid groups (broad SMARTS) is 1. The Bertz CT molecular complexity index is 747. The minimum atomic E-state index is -1.09. The van der Waals surface area contributed by atoms with Crippen molar-refractivity contribution in [3.05, 3.63) is 47.3 Å². The highest BCUT2D eigenvalue weighted by Crippen LogP contribution is 2.16. The van der Waals surface area contributed by atoms with E-state index >= 15 is 0 Å². The van der Waals surface area contributed by atoms with Crippen LogP contribution in [-0.2, 0) is 11.3 Å². The van der Waals surface area contributed by atoms with Crippen LogP contribution >= 0.6 is 0 Å². The van der Waals surface area contributed by atoms with Gasteiger partial charge in [-0.1, -0.05) is 0 Å². The summed E-state index contributed by atoms with van der Waals surface area (Å²) in [6, 6.07) is 3.68. The first-order valence-electron chi connectivity index (χ1n) is 7.21. The van der Waals surface area contributed by atoms with Gasteiger partial charge in [-0.25, -0.2) is 4.79 Å². The summed E-state index contributed by atoms with van der Waals surface area (Å²) in [5.74, 6) is -1.18. The third-order valence-corrected chi connectivity index (χ3v) is 3.43. The molecular weight excluding hydrogens is 316 g/mol. The summed E-state index contributed by atoms with van der Waals surface area (Å²) in [6.07, 6.45) is 1.37. The Balaban J connectivity index is 1.97. The van der Waals surface area contributed by atoms with E-state index in [0.29, 0.717) is 5.76 Å². The molecule has 2 aromatic rings. The number of nitrogens with zero attached hydrogens (tertiary/aromatic N) is 1. The number of likely N-dealkylation sites (N-methyl/N-ethyl adjacent to an activating group) is 1. The number of nitrogens with one attached hydrogen (secondary N) is 1. The second-order valence-electron chi connectivity index (χ2n) is 5.35. The molecule has 2 amide bonds. The van der Waals surface area contributed by atoms with Gasteiger partial charge in [-0.05, 0) is 32.0 Å². The van der Waals surface area contributed by atoms with E-state index in [0.717, 1.165) is 0 Å². The standard InChI is InChI=1S/C16H18N2O6/c1-9(17-14(19)13-5-4-6-23-13)15(20)18(3)8-11-7-12(16(21)22)10(2)24-11/h4-7,9H,8H2,1-3H3,(H,17,19)(H,21,22). The van der Waals surface area contributed by atoms with Crippen LogP contribution < -0.4 is 5.32 Å². The van der Waals surface area contributed by atoms with Gasteiger partial charge in [0.2, 0.25) is 5.91 Å². The molecule has 0 aromatic carbocycles. The molecular formula is C16H18N2O6. The van der Waals surface area contributed by atoms with E-state index in [9.17, 15) is 14.4 Å². The molecule has 8 heteroatoms. The van der Waals surface area contributed by atoms with Gasteiger partial charge >= 0.3 is 5.97 Å². The zero-order chi connectivity index (χ0) is 17.9. The lowest BCUT2D eigenvalue weighted by Crippen LogP contribution is -2.45. The third-order valence-electron chi connectivity index (χ3n) is 3.43. The molecule has 128 valence electrons. The zero-order valence-corrected chi connectivity index (χ0v) is 13.5. The lowest BCUT2D eigenvalue weighted by Gasteiger charge is -2.20. The number of carboxylic acids is 1. The number of aryl methyl sites for hydroxylation is 1. The van der Waals surface area contributed by atoms with Gasteiger partial charge in [0, 0.05) is 7.05 Å². The third kappa shape index (κ3) is 3.83. The van der Waals surface area contributed by atoms with Crippen LogP contribution in [0.5, 0.6) is 0 Å². The van der Waals surface area contributed by atoms with E-state index in [1.54, 1.807) is 19.9 Å². The Kier molecular flexibility index (Phi) is 5.08. The maximum Gasteiger partial charge on any atom is 0.339 e. The first-order valence-corrected chi connectivity index (χ1v) is 7.21. The van der Waals surface area contributed by atoms with Crippen LogP contribution in [-0.4, -0.2) is 40.9 Å². The zero-order valence-electron chi connectivity index (χ0n) is 13.5. The van der Waals surface area contributed by atoms with Gasteiger partial charge in [0.25, 0.3) is 5.91 Å². The number of carbonyl (C=O) groups is 3.